The molecule has 1 atom stereocenters. The molecule has 0 aliphatic carbocycles. The van der Waals surface area contributed by atoms with Crippen molar-refractivity contribution >= 4 is 5.91 Å². The van der Waals surface area contributed by atoms with Crippen molar-refractivity contribution < 1.29 is 18.3 Å². The Hall–Kier alpha value is -1.43. The molecule has 2 heterocycles. The van der Waals surface area contributed by atoms with E-state index in [0.717, 1.165) is 17.4 Å². The Morgan fingerprint density at radius 3 is 2.55 bits per heavy atom. The highest BCUT2D eigenvalue weighted by molar-refractivity contribution is 5.93. The van der Waals surface area contributed by atoms with Gasteiger partial charge in [0.2, 0.25) is 0 Å². The van der Waals surface area contributed by atoms with E-state index in [4.69, 9.17) is 4.74 Å². The summed E-state index contributed by atoms with van der Waals surface area (Å²) >= 11 is 0. The fourth-order valence-corrected chi connectivity index (χ4v) is 3.22. The highest BCUT2D eigenvalue weighted by Gasteiger charge is 2.29. The fraction of sp³-hybridized carbons (Fsp3) is 0.688. The monoisotopic (exact) mass is 314 g/mol. The second-order valence-electron chi connectivity index (χ2n) is 6.07. The van der Waals surface area contributed by atoms with Crippen LogP contribution in [0.4, 0.5) is 8.78 Å². The molecule has 2 rings (SSSR count). The maximum Gasteiger partial charge on any atom is 0.319 e. The Labute approximate surface area is 130 Å². The molecular formula is C16H24F2N2O2. The Balaban J connectivity index is 2.01. The largest absolute Gasteiger partial charge is 0.384 e. The number of piperidine rings is 1. The molecule has 0 spiro atoms. The first-order chi connectivity index (χ1) is 10.5. The van der Waals surface area contributed by atoms with Crippen molar-refractivity contribution in [2.45, 2.75) is 33.2 Å². The van der Waals surface area contributed by atoms with E-state index >= 15 is 0 Å². The zero-order valence-electron chi connectivity index (χ0n) is 13.4. The summed E-state index contributed by atoms with van der Waals surface area (Å²) in [7, 11) is 1.69. The summed E-state index contributed by atoms with van der Waals surface area (Å²) in [4.78, 5) is 14.2. The standard InChI is InChI=1S/C16H24F2N2O2/c1-11(10-22-3)13-6-8-19(9-7-13)15(21)14-5-4-12(2)20(14)16(17)18/h4-5,11,13,16H,6-10H2,1-3H3. The van der Waals surface area contributed by atoms with Gasteiger partial charge >= 0.3 is 6.55 Å². The van der Waals surface area contributed by atoms with Crippen molar-refractivity contribution in [3.05, 3.63) is 23.5 Å². The molecule has 1 unspecified atom stereocenters. The van der Waals surface area contributed by atoms with E-state index in [2.05, 4.69) is 6.92 Å². The first-order valence-electron chi connectivity index (χ1n) is 7.70. The lowest BCUT2D eigenvalue weighted by Gasteiger charge is -2.34. The fourth-order valence-electron chi connectivity index (χ4n) is 3.22. The lowest BCUT2D eigenvalue weighted by molar-refractivity contribution is 0.0479. The van der Waals surface area contributed by atoms with Crippen LogP contribution in [0.5, 0.6) is 0 Å². The van der Waals surface area contributed by atoms with Crippen molar-refractivity contribution in [2.75, 3.05) is 26.8 Å². The third kappa shape index (κ3) is 3.48. The number of halogens is 2. The number of aromatic nitrogens is 1. The first kappa shape index (κ1) is 16.9. The Morgan fingerprint density at radius 1 is 1.36 bits per heavy atom. The van der Waals surface area contributed by atoms with Gasteiger partial charge in [-0.25, -0.2) is 0 Å². The highest BCUT2D eigenvalue weighted by atomic mass is 19.3. The van der Waals surface area contributed by atoms with Gasteiger partial charge in [-0.15, -0.1) is 0 Å². The Morgan fingerprint density at radius 2 is 2.00 bits per heavy atom. The average Bonchev–Trinajstić information content (AvgIpc) is 2.89. The summed E-state index contributed by atoms with van der Waals surface area (Å²) in [5, 5.41) is 0. The number of ether oxygens (including phenoxy) is 1. The number of amides is 1. The van der Waals surface area contributed by atoms with E-state index in [0.29, 0.717) is 37.2 Å². The number of aryl methyl sites for hydroxylation is 1. The van der Waals surface area contributed by atoms with E-state index in [1.807, 2.05) is 0 Å². The summed E-state index contributed by atoms with van der Waals surface area (Å²) < 4.78 is 32.1. The molecule has 1 aliphatic heterocycles. The van der Waals surface area contributed by atoms with Gasteiger partial charge in [-0.3, -0.25) is 9.36 Å². The zero-order valence-corrected chi connectivity index (χ0v) is 13.4. The van der Waals surface area contributed by atoms with Gasteiger partial charge in [0.15, 0.2) is 0 Å². The number of methoxy groups -OCH3 is 1. The third-order valence-electron chi connectivity index (χ3n) is 4.60. The number of rotatable bonds is 5. The number of hydrogen-bond acceptors (Lipinski definition) is 2. The SMILES string of the molecule is COCC(C)C1CCN(C(=O)c2ccc(C)n2C(F)F)CC1. The minimum Gasteiger partial charge on any atom is -0.384 e. The summed E-state index contributed by atoms with van der Waals surface area (Å²) in [6.07, 6.45) is 1.79. The van der Waals surface area contributed by atoms with Crippen molar-refractivity contribution in [1.82, 2.24) is 9.47 Å². The van der Waals surface area contributed by atoms with Crippen molar-refractivity contribution in [2.24, 2.45) is 11.8 Å². The molecule has 1 fully saturated rings. The minimum absolute atomic E-state index is 0.0795. The number of likely N-dealkylation sites (tertiary alicyclic amines) is 1. The second kappa shape index (κ2) is 7.22. The van der Waals surface area contributed by atoms with E-state index < -0.39 is 6.55 Å². The second-order valence-corrected chi connectivity index (χ2v) is 6.07. The number of hydrogen-bond donors (Lipinski definition) is 0. The summed E-state index contributed by atoms with van der Waals surface area (Å²) in [5.74, 6) is 0.674. The van der Waals surface area contributed by atoms with Crippen LogP contribution in [0.1, 0.15) is 42.5 Å². The van der Waals surface area contributed by atoms with E-state index in [1.165, 1.54) is 6.07 Å². The molecule has 6 heteroatoms. The predicted molar refractivity (Wildman–Crippen MR) is 80.1 cm³/mol. The van der Waals surface area contributed by atoms with Crippen LogP contribution in [0.3, 0.4) is 0 Å². The topological polar surface area (TPSA) is 34.5 Å². The Kier molecular flexibility index (Phi) is 5.56. The number of nitrogens with zero attached hydrogens (tertiary/aromatic N) is 2. The van der Waals surface area contributed by atoms with E-state index in [1.54, 1.807) is 25.0 Å². The van der Waals surface area contributed by atoms with Gasteiger partial charge < -0.3 is 9.64 Å². The van der Waals surface area contributed by atoms with Gasteiger partial charge in [0.25, 0.3) is 5.91 Å². The quantitative estimate of drug-likeness (QED) is 0.835. The van der Waals surface area contributed by atoms with E-state index in [-0.39, 0.29) is 11.6 Å². The maximum atomic E-state index is 13.1. The van der Waals surface area contributed by atoms with Gasteiger partial charge in [0.1, 0.15) is 5.69 Å². The van der Waals surface area contributed by atoms with Crippen LogP contribution in [0.15, 0.2) is 12.1 Å². The van der Waals surface area contributed by atoms with Crippen LogP contribution in [-0.4, -0.2) is 42.2 Å². The molecule has 0 aromatic carbocycles. The van der Waals surface area contributed by atoms with Crippen molar-refractivity contribution in [3.63, 3.8) is 0 Å². The van der Waals surface area contributed by atoms with Crippen molar-refractivity contribution in [1.29, 1.82) is 0 Å². The van der Waals surface area contributed by atoms with Gasteiger partial charge in [-0.1, -0.05) is 6.92 Å². The summed E-state index contributed by atoms with van der Waals surface area (Å²) in [6, 6.07) is 3.05. The predicted octanol–water partition coefficient (Wildman–Crippen LogP) is 3.33. The number of alkyl halides is 2. The van der Waals surface area contributed by atoms with Crippen LogP contribution in [0, 0.1) is 18.8 Å². The lowest BCUT2D eigenvalue weighted by Crippen LogP contribution is -2.41. The molecule has 124 valence electrons. The summed E-state index contributed by atoms with van der Waals surface area (Å²) in [6.45, 7) is 2.99. The van der Waals surface area contributed by atoms with Gasteiger partial charge in [-0.2, -0.15) is 8.78 Å². The summed E-state index contributed by atoms with van der Waals surface area (Å²) in [5.41, 5.74) is 0.484. The van der Waals surface area contributed by atoms with Crippen molar-refractivity contribution in [3.8, 4) is 0 Å². The molecule has 0 radical (unpaired) electrons. The van der Waals surface area contributed by atoms with Crippen LogP contribution < -0.4 is 0 Å². The molecule has 1 aromatic heterocycles. The van der Waals surface area contributed by atoms with Crippen LogP contribution in [-0.2, 0) is 4.74 Å². The van der Waals surface area contributed by atoms with Gasteiger partial charge in [0, 0.05) is 32.5 Å². The van der Waals surface area contributed by atoms with Gasteiger partial charge in [0.05, 0.1) is 0 Å². The molecule has 1 aromatic rings. The number of carbonyl (C=O) groups is 1. The molecule has 1 saturated heterocycles. The molecule has 1 aliphatic rings. The van der Waals surface area contributed by atoms with Crippen LogP contribution >= 0.6 is 0 Å². The lowest BCUT2D eigenvalue weighted by atomic mass is 9.86. The van der Waals surface area contributed by atoms with Crippen LogP contribution in [0.25, 0.3) is 0 Å². The third-order valence-corrected chi connectivity index (χ3v) is 4.60. The zero-order chi connectivity index (χ0) is 16.3. The molecule has 1 amide bonds. The smallest absolute Gasteiger partial charge is 0.319 e. The number of carbonyl (C=O) groups excluding carboxylic acids is 1. The molecule has 0 saturated carbocycles. The highest BCUT2D eigenvalue weighted by Crippen LogP contribution is 2.27. The van der Waals surface area contributed by atoms with Crippen LogP contribution in [0.2, 0.25) is 0 Å². The van der Waals surface area contributed by atoms with Gasteiger partial charge in [-0.05, 0) is 43.7 Å². The Bertz CT molecular complexity index is 508. The maximum absolute atomic E-state index is 13.1. The van der Waals surface area contributed by atoms with E-state index in [9.17, 15) is 13.6 Å². The molecule has 4 nitrogen and oxygen atoms in total. The molecular weight excluding hydrogens is 290 g/mol. The normalized spacial score (nSPS) is 18.0. The first-order valence-corrected chi connectivity index (χ1v) is 7.70. The molecule has 0 N–H and O–H groups in total. The molecule has 0 bridgehead atoms. The minimum atomic E-state index is -2.69. The molecule has 22 heavy (non-hydrogen) atoms. The average molecular weight is 314 g/mol.